The van der Waals surface area contributed by atoms with Crippen LogP contribution in [0, 0.1) is 5.92 Å². The average molecular weight is 776 g/mol. The topological polar surface area (TPSA) is 190 Å². The number of amides is 3. The molecule has 0 spiro atoms. The lowest BCUT2D eigenvalue weighted by Gasteiger charge is -2.45. The van der Waals surface area contributed by atoms with E-state index in [2.05, 4.69) is 58.6 Å². The number of rotatable bonds is 9. The van der Waals surface area contributed by atoms with Crippen molar-refractivity contribution in [3.8, 4) is 0 Å². The number of likely N-dealkylation sites (N-methyl/N-ethyl adjacent to an activating group) is 1. The Morgan fingerprint density at radius 3 is 2.67 bits per heavy atom. The molecule has 5 N–H and O–H groups in total. The molecule has 10 rings (SSSR count). The van der Waals surface area contributed by atoms with E-state index in [4.69, 9.17) is 15.2 Å². The molecular weight excluding hydrogens is 727 g/mol. The summed E-state index contributed by atoms with van der Waals surface area (Å²) in [7, 11) is 1.94. The van der Waals surface area contributed by atoms with E-state index in [9.17, 15) is 19.5 Å². The molecule has 5 aliphatic heterocycles. The fourth-order valence-corrected chi connectivity index (χ4v) is 10.1. The van der Waals surface area contributed by atoms with Crippen molar-refractivity contribution in [1.82, 2.24) is 40.0 Å². The van der Waals surface area contributed by atoms with Crippen molar-refractivity contribution in [2.45, 2.75) is 76.0 Å². The maximum Gasteiger partial charge on any atom is 0.271 e. The number of nitrogens with zero attached hydrogens (tertiary/aromatic N) is 8. The number of hydrogen-bond acceptors (Lipinski definition) is 14. The SMILES string of the molecule is CN1CCN([C@@H]2CCCN(c3cnc(C(N)=O)c(Nc4ccc5c(c4)CN(C4CN(CC6Cc7ccc8c(C9CCC(=O)NC9=O)noc8c7C6)C4)C5)n3)C2)C1O. The molecule has 0 saturated carbocycles. The predicted octanol–water partition coefficient (Wildman–Crippen LogP) is 1.89. The first-order valence-corrected chi connectivity index (χ1v) is 20.3. The molecule has 1 aliphatic carbocycles. The highest BCUT2D eigenvalue weighted by Gasteiger charge is 2.39. The largest absolute Gasteiger partial charge is 0.365 e. The quantitative estimate of drug-likeness (QED) is 0.181. The number of nitrogens with one attached hydrogen (secondary N) is 2. The van der Waals surface area contributed by atoms with Gasteiger partial charge < -0.3 is 25.6 Å². The number of carbonyl (C=O) groups is 3. The molecule has 298 valence electrons. The Kier molecular flexibility index (Phi) is 9.20. The van der Waals surface area contributed by atoms with Gasteiger partial charge in [0.2, 0.25) is 11.8 Å². The fraction of sp³-hybridized carbons (Fsp3) is 0.512. The van der Waals surface area contributed by atoms with Gasteiger partial charge in [-0.15, -0.1) is 0 Å². The minimum atomic E-state index is -0.634. The molecule has 2 aromatic heterocycles. The van der Waals surface area contributed by atoms with Crippen LogP contribution in [-0.4, -0.2) is 129 Å². The van der Waals surface area contributed by atoms with Gasteiger partial charge >= 0.3 is 0 Å². The first-order chi connectivity index (χ1) is 27.6. The third-order valence-electron chi connectivity index (χ3n) is 13.2. The Morgan fingerprint density at radius 2 is 1.86 bits per heavy atom. The maximum atomic E-state index is 12.5. The summed E-state index contributed by atoms with van der Waals surface area (Å²) in [6.45, 7) is 8.04. The summed E-state index contributed by atoms with van der Waals surface area (Å²) in [4.78, 5) is 57.4. The number of likely N-dealkylation sites (tertiary alicyclic amines) is 1. The van der Waals surface area contributed by atoms with Gasteiger partial charge in [0.05, 0.1) is 12.1 Å². The molecule has 4 saturated heterocycles. The van der Waals surface area contributed by atoms with E-state index >= 15 is 0 Å². The molecule has 0 bridgehead atoms. The Balaban J connectivity index is 0.751. The van der Waals surface area contributed by atoms with Crippen LogP contribution in [-0.2, 0) is 35.5 Å². The summed E-state index contributed by atoms with van der Waals surface area (Å²) in [5.74, 6) is -0.104. The van der Waals surface area contributed by atoms with Crippen molar-refractivity contribution >= 4 is 46.0 Å². The lowest BCUT2D eigenvalue weighted by atomic mass is 9.92. The van der Waals surface area contributed by atoms with Crippen molar-refractivity contribution < 1.29 is 24.0 Å². The third-order valence-corrected chi connectivity index (χ3v) is 13.2. The van der Waals surface area contributed by atoms with Gasteiger partial charge in [0.1, 0.15) is 11.5 Å². The Morgan fingerprint density at radius 1 is 1.02 bits per heavy atom. The van der Waals surface area contributed by atoms with E-state index in [0.717, 1.165) is 101 Å². The van der Waals surface area contributed by atoms with E-state index < -0.39 is 18.2 Å². The molecule has 16 heteroatoms. The van der Waals surface area contributed by atoms with Crippen LogP contribution in [0.1, 0.15) is 70.0 Å². The van der Waals surface area contributed by atoms with Crippen LogP contribution < -0.4 is 21.3 Å². The van der Waals surface area contributed by atoms with Crippen LogP contribution in [0.25, 0.3) is 11.0 Å². The second kappa shape index (κ2) is 14.4. The van der Waals surface area contributed by atoms with Gasteiger partial charge in [-0.1, -0.05) is 17.3 Å². The van der Waals surface area contributed by atoms with E-state index in [1.54, 1.807) is 6.20 Å². The van der Waals surface area contributed by atoms with Crippen molar-refractivity contribution in [3.05, 3.63) is 70.2 Å². The van der Waals surface area contributed by atoms with E-state index in [1.807, 2.05) is 24.1 Å². The minimum absolute atomic E-state index is 0.105. The molecule has 2 aromatic carbocycles. The lowest BCUT2D eigenvalue weighted by Crippen LogP contribution is -2.58. The van der Waals surface area contributed by atoms with Crippen molar-refractivity contribution in [2.24, 2.45) is 11.7 Å². The summed E-state index contributed by atoms with van der Waals surface area (Å²) in [6.07, 6.45) is 5.71. The van der Waals surface area contributed by atoms with E-state index in [-0.39, 0.29) is 23.6 Å². The van der Waals surface area contributed by atoms with Crippen LogP contribution in [0.5, 0.6) is 0 Å². The zero-order valence-corrected chi connectivity index (χ0v) is 32.2. The lowest BCUT2D eigenvalue weighted by molar-refractivity contribution is -0.134. The van der Waals surface area contributed by atoms with Crippen LogP contribution in [0.3, 0.4) is 0 Å². The zero-order valence-electron chi connectivity index (χ0n) is 32.2. The number of fused-ring (bicyclic) bond motifs is 4. The standard InChI is InChI=1S/C41H49N11O5/c1-48-11-12-52(41(48)56)28-3-2-10-50(22-28)33-16-43-36(38(42)54)39(45-33)44-27-6-4-25-18-51(19-26(25)15-27)29-20-49(21-29)17-23-13-24-5-7-30-35(47-57-37(30)32(24)14-23)31-8-9-34(53)46-40(31)55/h4-7,15-16,23,28-29,31,41,56H,2-3,8-14,17-22H2,1H3,(H2,42,54)(H,44,45)(H,46,53,55)/t23?,28-,31?,41?/m1/s1. The normalized spacial score (nSPS) is 26.2. The maximum absolute atomic E-state index is 12.5. The van der Waals surface area contributed by atoms with Gasteiger partial charge in [-0.2, -0.15) is 0 Å². The van der Waals surface area contributed by atoms with Crippen molar-refractivity contribution in [3.63, 3.8) is 0 Å². The van der Waals surface area contributed by atoms with Crippen LogP contribution >= 0.6 is 0 Å². The number of carbonyl (C=O) groups excluding carboxylic acids is 3. The van der Waals surface area contributed by atoms with Crippen LogP contribution in [0.4, 0.5) is 17.3 Å². The third kappa shape index (κ3) is 6.72. The monoisotopic (exact) mass is 775 g/mol. The number of primary amides is 1. The molecule has 3 amide bonds. The summed E-state index contributed by atoms with van der Waals surface area (Å²) in [6, 6.07) is 11.2. The van der Waals surface area contributed by atoms with Gasteiger partial charge in [-0.05, 0) is 80.0 Å². The number of piperidine rings is 2. The second-order valence-corrected chi connectivity index (χ2v) is 16.9. The molecule has 4 fully saturated rings. The van der Waals surface area contributed by atoms with Crippen LogP contribution in [0.2, 0.25) is 0 Å². The minimum Gasteiger partial charge on any atom is -0.365 e. The molecule has 4 atom stereocenters. The van der Waals surface area contributed by atoms with Gasteiger partial charge in [0.15, 0.2) is 23.4 Å². The summed E-state index contributed by atoms with van der Waals surface area (Å²) < 4.78 is 5.86. The molecular formula is C41H49N11O5. The summed E-state index contributed by atoms with van der Waals surface area (Å²) in [5.41, 5.74) is 13.2. The van der Waals surface area contributed by atoms with Gasteiger partial charge in [0, 0.05) is 94.0 Å². The Hall–Kier alpha value is -5.00. The molecule has 0 radical (unpaired) electrons. The number of imide groups is 1. The first-order valence-electron chi connectivity index (χ1n) is 20.3. The molecule has 7 heterocycles. The van der Waals surface area contributed by atoms with Gasteiger partial charge in [0.25, 0.3) is 5.91 Å². The summed E-state index contributed by atoms with van der Waals surface area (Å²) in [5, 5.41) is 21.7. The molecule has 6 aliphatic rings. The van der Waals surface area contributed by atoms with Crippen molar-refractivity contribution in [1.29, 1.82) is 0 Å². The molecule has 57 heavy (non-hydrogen) atoms. The molecule has 16 nitrogen and oxygen atoms in total. The number of aromatic nitrogens is 3. The first kappa shape index (κ1) is 36.3. The second-order valence-electron chi connectivity index (χ2n) is 16.9. The van der Waals surface area contributed by atoms with Crippen LogP contribution in [0.15, 0.2) is 41.1 Å². The van der Waals surface area contributed by atoms with Gasteiger partial charge in [-0.3, -0.25) is 39.3 Å². The number of aliphatic hydroxyl groups excluding tert-OH is 1. The predicted molar refractivity (Wildman–Crippen MR) is 210 cm³/mol. The van der Waals surface area contributed by atoms with E-state index in [0.29, 0.717) is 42.1 Å². The highest BCUT2D eigenvalue weighted by molar-refractivity contribution is 6.02. The Bertz CT molecular complexity index is 2260. The number of aliphatic hydroxyl groups is 1. The summed E-state index contributed by atoms with van der Waals surface area (Å²) >= 11 is 0. The number of nitrogens with two attached hydrogens (primary N) is 1. The fourth-order valence-electron chi connectivity index (χ4n) is 10.1. The Labute approximate surface area is 330 Å². The van der Waals surface area contributed by atoms with Gasteiger partial charge in [-0.25, -0.2) is 9.97 Å². The number of benzene rings is 2. The smallest absolute Gasteiger partial charge is 0.271 e. The highest BCUT2D eigenvalue weighted by Crippen LogP contribution is 2.39. The number of hydrogen-bond donors (Lipinski definition) is 4. The number of anilines is 3. The highest BCUT2D eigenvalue weighted by atomic mass is 16.5. The zero-order chi connectivity index (χ0) is 38.9. The molecule has 3 unspecified atom stereocenters. The molecule has 4 aromatic rings. The van der Waals surface area contributed by atoms with Crippen molar-refractivity contribution in [2.75, 3.05) is 63.1 Å². The average Bonchev–Trinajstić information content (AvgIpc) is 3.98. The van der Waals surface area contributed by atoms with E-state index in [1.165, 1.54) is 22.3 Å².